The molecule has 0 bridgehead atoms. The van der Waals surface area contributed by atoms with E-state index in [1.807, 2.05) is 20.0 Å². The van der Waals surface area contributed by atoms with Crippen molar-refractivity contribution in [2.45, 2.75) is 26.3 Å². The number of nitrogens with zero attached hydrogens (tertiary/aromatic N) is 5. The number of hydrogen-bond donors (Lipinski definition) is 2. The predicted molar refractivity (Wildman–Crippen MR) is 131 cm³/mol. The highest BCUT2D eigenvalue weighted by Crippen LogP contribution is 2.22. The molecule has 3 aromatic rings. The van der Waals surface area contributed by atoms with Crippen molar-refractivity contribution in [1.82, 2.24) is 25.6 Å². The summed E-state index contributed by atoms with van der Waals surface area (Å²) in [6, 6.07) is 8.44. The third kappa shape index (κ3) is 6.82. The first-order valence-electron chi connectivity index (χ1n) is 10.8. The van der Waals surface area contributed by atoms with Crippen molar-refractivity contribution in [1.29, 1.82) is 0 Å². The minimum atomic E-state index is -0.490. The second kappa shape index (κ2) is 12.4. The largest absolute Gasteiger partial charge is 0.364 e. The van der Waals surface area contributed by atoms with Gasteiger partial charge in [-0.25, -0.2) is 13.8 Å². The Morgan fingerprint density at radius 1 is 1.18 bits per heavy atom. The number of pyridine rings is 3. The highest BCUT2D eigenvalue weighted by molar-refractivity contribution is 5.63. The summed E-state index contributed by atoms with van der Waals surface area (Å²) in [5.74, 6) is -0.974. The highest BCUT2D eigenvalue weighted by Gasteiger charge is 2.12. The van der Waals surface area contributed by atoms with Crippen molar-refractivity contribution in [3.8, 4) is 11.3 Å². The molecule has 0 aliphatic carbocycles. The monoisotopic (exact) mass is 463 g/mol. The Labute approximate surface area is 197 Å². The maximum atomic E-state index is 15.2. The summed E-state index contributed by atoms with van der Waals surface area (Å²) in [5.41, 5.74) is 3.76. The second-order valence-corrected chi connectivity index (χ2v) is 7.53. The van der Waals surface area contributed by atoms with Crippen LogP contribution in [0.4, 0.5) is 8.78 Å². The van der Waals surface area contributed by atoms with Crippen LogP contribution in [0.3, 0.4) is 0 Å². The molecule has 7 nitrogen and oxygen atoms in total. The normalized spacial score (nSPS) is 12.0. The molecule has 0 amide bonds. The van der Waals surface area contributed by atoms with Gasteiger partial charge in [-0.1, -0.05) is 6.07 Å². The zero-order valence-electron chi connectivity index (χ0n) is 19.2. The van der Waals surface area contributed by atoms with E-state index in [-0.39, 0.29) is 24.5 Å². The van der Waals surface area contributed by atoms with Crippen LogP contribution in [0.2, 0.25) is 0 Å². The summed E-state index contributed by atoms with van der Waals surface area (Å²) in [6.45, 7) is 6.02. The lowest BCUT2D eigenvalue weighted by atomic mass is 10.1. The molecule has 3 rings (SSSR count). The van der Waals surface area contributed by atoms with Crippen LogP contribution < -0.4 is 10.6 Å². The molecule has 176 valence electrons. The highest BCUT2D eigenvalue weighted by atomic mass is 19.1. The van der Waals surface area contributed by atoms with Gasteiger partial charge in [0, 0.05) is 61.5 Å². The van der Waals surface area contributed by atoms with E-state index in [0.717, 1.165) is 29.8 Å². The minimum absolute atomic E-state index is 0.00920. The van der Waals surface area contributed by atoms with Gasteiger partial charge in [-0.3, -0.25) is 19.9 Å². The molecule has 0 saturated carbocycles. The topological polar surface area (TPSA) is 87.5 Å². The number of halogens is 2. The van der Waals surface area contributed by atoms with Gasteiger partial charge < -0.3 is 10.6 Å². The van der Waals surface area contributed by atoms with Gasteiger partial charge in [0.05, 0.1) is 0 Å². The van der Waals surface area contributed by atoms with Gasteiger partial charge in [-0.15, -0.1) is 0 Å². The number of hydrogen-bond acceptors (Lipinski definition) is 6. The maximum Gasteiger partial charge on any atom is 0.160 e. The smallest absolute Gasteiger partial charge is 0.160 e. The standard InChI is InChI=1S/C25H27F2N7/c1-17-11-20(6-10-30-17)24-21(26)12-18(14-32-24)15-33-25(34-16-29-3)22(27)13-19-5-4-8-31-23(19)7-9-28-2/h4-6,8,10-12,14,16,28,33H,3,7,9,13,15H2,1-2H3/b25-22+,34-16-. The van der Waals surface area contributed by atoms with E-state index in [9.17, 15) is 4.39 Å². The molecule has 3 aromatic heterocycles. The Morgan fingerprint density at radius 3 is 2.76 bits per heavy atom. The number of aromatic nitrogens is 3. The molecule has 0 aliphatic rings. The van der Waals surface area contributed by atoms with Gasteiger partial charge in [0.25, 0.3) is 0 Å². The van der Waals surface area contributed by atoms with Crippen molar-refractivity contribution in [3.63, 3.8) is 0 Å². The lowest BCUT2D eigenvalue weighted by Gasteiger charge is -2.11. The van der Waals surface area contributed by atoms with Crippen LogP contribution in [0, 0.1) is 12.7 Å². The Hall–Kier alpha value is -3.85. The molecular weight excluding hydrogens is 436 g/mol. The van der Waals surface area contributed by atoms with Crippen molar-refractivity contribution in [3.05, 3.63) is 88.9 Å². The summed E-state index contributed by atoms with van der Waals surface area (Å²) in [6.07, 6.45) is 6.68. The average molecular weight is 464 g/mol. The average Bonchev–Trinajstić information content (AvgIpc) is 2.83. The van der Waals surface area contributed by atoms with E-state index in [0.29, 0.717) is 17.5 Å². The van der Waals surface area contributed by atoms with Crippen LogP contribution in [0.1, 0.15) is 22.5 Å². The lowest BCUT2D eigenvalue weighted by Crippen LogP contribution is -2.15. The molecular formula is C25H27F2N7. The van der Waals surface area contributed by atoms with Gasteiger partial charge in [-0.05, 0) is 56.1 Å². The molecule has 9 heteroatoms. The third-order valence-corrected chi connectivity index (χ3v) is 5.00. The van der Waals surface area contributed by atoms with E-state index in [1.54, 1.807) is 36.8 Å². The van der Waals surface area contributed by atoms with Crippen LogP contribution >= 0.6 is 0 Å². The van der Waals surface area contributed by atoms with Gasteiger partial charge in [-0.2, -0.15) is 0 Å². The fraction of sp³-hybridized carbons (Fsp3) is 0.240. The molecule has 0 radical (unpaired) electrons. The fourth-order valence-corrected chi connectivity index (χ4v) is 3.33. The number of likely N-dealkylation sites (N-methyl/N-ethyl adjacent to an activating group) is 1. The van der Waals surface area contributed by atoms with Crippen LogP contribution in [0.25, 0.3) is 11.3 Å². The summed E-state index contributed by atoms with van der Waals surface area (Å²) >= 11 is 0. The summed E-state index contributed by atoms with van der Waals surface area (Å²) in [5, 5.41) is 5.99. The number of nitrogens with one attached hydrogen (secondary N) is 2. The van der Waals surface area contributed by atoms with E-state index in [4.69, 9.17) is 0 Å². The lowest BCUT2D eigenvalue weighted by molar-refractivity contribution is 0.573. The van der Waals surface area contributed by atoms with E-state index in [1.165, 1.54) is 6.07 Å². The van der Waals surface area contributed by atoms with Crippen molar-refractivity contribution in [2.75, 3.05) is 13.6 Å². The Kier molecular flexibility index (Phi) is 9.04. The predicted octanol–water partition coefficient (Wildman–Crippen LogP) is 3.95. The number of allylic oxidation sites excluding steroid dienone is 1. The van der Waals surface area contributed by atoms with Crippen molar-refractivity contribution < 1.29 is 8.78 Å². The minimum Gasteiger partial charge on any atom is -0.364 e. The van der Waals surface area contributed by atoms with Crippen LogP contribution in [-0.4, -0.2) is 41.6 Å². The van der Waals surface area contributed by atoms with Crippen molar-refractivity contribution >= 4 is 13.1 Å². The maximum absolute atomic E-state index is 15.2. The van der Waals surface area contributed by atoms with Gasteiger partial charge in [0.2, 0.25) is 0 Å². The molecule has 0 aromatic carbocycles. The third-order valence-electron chi connectivity index (χ3n) is 5.00. The SMILES string of the molecule is C=N/C=N\C(NCc1cnc(-c2ccnc(C)c2)c(F)c1)=C(\F)Cc1cccnc1CCNC. The first-order valence-corrected chi connectivity index (χ1v) is 10.8. The second-order valence-electron chi connectivity index (χ2n) is 7.53. The van der Waals surface area contributed by atoms with Crippen LogP contribution in [0.15, 0.2) is 70.6 Å². The zero-order chi connectivity index (χ0) is 24.3. The molecule has 0 aliphatic heterocycles. The van der Waals surface area contributed by atoms with Gasteiger partial charge >= 0.3 is 0 Å². The van der Waals surface area contributed by atoms with E-state index in [2.05, 4.69) is 42.3 Å². The number of aliphatic imine (C=N–C) groups is 2. The fourth-order valence-electron chi connectivity index (χ4n) is 3.33. The van der Waals surface area contributed by atoms with Crippen LogP contribution in [-0.2, 0) is 19.4 Å². The van der Waals surface area contributed by atoms with Gasteiger partial charge in [0.15, 0.2) is 5.82 Å². The first-order chi connectivity index (χ1) is 16.5. The molecule has 0 spiro atoms. The number of aryl methyl sites for hydroxylation is 1. The Morgan fingerprint density at radius 2 is 2.03 bits per heavy atom. The molecule has 3 heterocycles. The molecule has 34 heavy (non-hydrogen) atoms. The van der Waals surface area contributed by atoms with Crippen molar-refractivity contribution in [2.24, 2.45) is 9.98 Å². The Balaban J connectivity index is 1.78. The van der Waals surface area contributed by atoms with Gasteiger partial charge in [0.1, 0.15) is 23.7 Å². The molecule has 0 saturated heterocycles. The molecule has 0 unspecified atom stereocenters. The molecule has 0 atom stereocenters. The molecule has 0 fully saturated rings. The summed E-state index contributed by atoms with van der Waals surface area (Å²) < 4.78 is 29.9. The zero-order valence-corrected chi connectivity index (χ0v) is 19.2. The quantitative estimate of drug-likeness (QED) is 0.332. The van der Waals surface area contributed by atoms with E-state index >= 15 is 4.39 Å². The summed E-state index contributed by atoms with van der Waals surface area (Å²) in [4.78, 5) is 20.3. The summed E-state index contributed by atoms with van der Waals surface area (Å²) in [7, 11) is 1.85. The van der Waals surface area contributed by atoms with E-state index < -0.39 is 11.6 Å². The number of rotatable bonds is 11. The van der Waals surface area contributed by atoms with Crippen LogP contribution in [0.5, 0.6) is 0 Å². The Bertz CT molecular complexity index is 1190. The molecule has 2 N–H and O–H groups in total. The first kappa shape index (κ1) is 24.8.